The third kappa shape index (κ3) is 3.67. The van der Waals surface area contributed by atoms with E-state index in [9.17, 15) is 9.59 Å². The lowest BCUT2D eigenvalue weighted by Crippen LogP contribution is -2.28. The van der Waals surface area contributed by atoms with Crippen molar-refractivity contribution in [2.24, 2.45) is 0 Å². The van der Waals surface area contributed by atoms with E-state index in [0.29, 0.717) is 42.2 Å². The second-order valence-corrected chi connectivity index (χ2v) is 7.97. The van der Waals surface area contributed by atoms with Gasteiger partial charge in [-0.05, 0) is 29.9 Å². The van der Waals surface area contributed by atoms with Gasteiger partial charge in [-0.15, -0.1) is 21.5 Å². The van der Waals surface area contributed by atoms with Gasteiger partial charge in [0.2, 0.25) is 11.7 Å². The van der Waals surface area contributed by atoms with Crippen molar-refractivity contribution >= 4 is 33.2 Å². The summed E-state index contributed by atoms with van der Waals surface area (Å²) in [5.74, 6) is 1.45. The van der Waals surface area contributed by atoms with Gasteiger partial charge in [0.1, 0.15) is 10.5 Å². The molecule has 0 fully saturated rings. The van der Waals surface area contributed by atoms with Crippen molar-refractivity contribution in [2.75, 3.05) is 6.54 Å². The average molecular weight is 410 g/mol. The van der Waals surface area contributed by atoms with Gasteiger partial charge in [-0.25, -0.2) is 0 Å². The lowest BCUT2D eigenvalue weighted by atomic mass is 10.0. The Balaban J connectivity index is 1.48. The number of amides is 1. The van der Waals surface area contributed by atoms with E-state index in [1.54, 1.807) is 4.57 Å². The van der Waals surface area contributed by atoms with E-state index in [2.05, 4.69) is 34.6 Å². The van der Waals surface area contributed by atoms with Gasteiger partial charge >= 0.3 is 0 Å². The number of carbonyl (C=O) groups is 1. The summed E-state index contributed by atoms with van der Waals surface area (Å²) in [5.41, 5.74) is 1.96. The van der Waals surface area contributed by atoms with E-state index in [0.717, 1.165) is 5.52 Å². The number of benzene rings is 1. The first-order chi connectivity index (χ1) is 14.1. The smallest absolute Gasteiger partial charge is 0.272 e. The Morgan fingerprint density at radius 2 is 2.00 bits per heavy atom. The molecule has 0 radical (unpaired) electrons. The Bertz CT molecular complexity index is 1210. The summed E-state index contributed by atoms with van der Waals surface area (Å²) in [7, 11) is 0. The van der Waals surface area contributed by atoms with Crippen LogP contribution in [0.3, 0.4) is 0 Å². The molecule has 1 aromatic carbocycles. The molecule has 0 aliphatic heterocycles. The van der Waals surface area contributed by atoms with Crippen molar-refractivity contribution in [3.63, 3.8) is 0 Å². The molecule has 0 saturated carbocycles. The maximum Gasteiger partial charge on any atom is 0.272 e. The highest BCUT2D eigenvalue weighted by Gasteiger charge is 2.17. The van der Waals surface area contributed by atoms with Crippen LogP contribution in [0.25, 0.3) is 16.0 Å². The maximum absolute atomic E-state index is 12.6. The van der Waals surface area contributed by atoms with Crippen LogP contribution in [-0.2, 0) is 17.8 Å². The number of nitrogens with one attached hydrogen (secondary N) is 1. The summed E-state index contributed by atoms with van der Waals surface area (Å²) in [5, 5.41) is 13.4. The molecule has 0 unspecified atom stereocenters. The van der Waals surface area contributed by atoms with Crippen LogP contribution in [0.4, 0.5) is 0 Å². The number of hydrogen-bond acceptors (Lipinski definition) is 5. The van der Waals surface area contributed by atoms with Crippen LogP contribution in [0.15, 0.2) is 46.6 Å². The van der Waals surface area contributed by atoms with Crippen molar-refractivity contribution in [2.45, 2.75) is 39.2 Å². The van der Waals surface area contributed by atoms with E-state index in [1.165, 1.54) is 16.9 Å². The standard InChI is InChI=1S/C21H23N5O2S/c1-3-25-20(28)19-16(11-12-29-19)26-17(23-24-21(25)26)9-10-18(27)22-13-14(2)15-7-5-4-6-8-15/h4-8,11-12,14H,3,9-10,13H2,1-2H3,(H,22,27)/t14-/m1/s1. The lowest BCUT2D eigenvalue weighted by Gasteiger charge is -2.13. The number of hydrogen-bond donors (Lipinski definition) is 1. The van der Waals surface area contributed by atoms with Crippen LogP contribution < -0.4 is 10.9 Å². The lowest BCUT2D eigenvalue weighted by molar-refractivity contribution is -0.121. The molecular weight excluding hydrogens is 386 g/mol. The number of aryl methyl sites for hydroxylation is 2. The van der Waals surface area contributed by atoms with Crippen LogP contribution in [0.1, 0.15) is 37.6 Å². The van der Waals surface area contributed by atoms with Gasteiger partial charge in [-0.2, -0.15) is 0 Å². The molecule has 3 heterocycles. The van der Waals surface area contributed by atoms with Gasteiger partial charge in [0, 0.05) is 25.9 Å². The highest BCUT2D eigenvalue weighted by Crippen LogP contribution is 2.20. The highest BCUT2D eigenvalue weighted by molar-refractivity contribution is 7.17. The van der Waals surface area contributed by atoms with Crippen LogP contribution in [-0.4, -0.2) is 31.6 Å². The second kappa shape index (κ2) is 8.16. The van der Waals surface area contributed by atoms with Crippen LogP contribution >= 0.6 is 11.3 Å². The minimum absolute atomic E-state index is 0.0186. The minimum Gasteiger partial charge on any atom is -0.355 e. The van der Waals surface area contributed by atoms with Crippen molar-refractivity contribution < 1.29 is 4.79 Å². The molecule has 3 aromatic heterocycles. The normalized spacial score (nSPS) is 12.5. The van der Waals surface area contributed by atoms with E-state index < -0.39 is 0 Å². The third-order valence-corrected chi connectivity index (χ3v) is 6.04. The fourth-order valence-corrected chi connectivity index (χ4v) is 4.33. The van der Waals surface area contributed by atoms with Gasteiger partial charge in [0.05, 0.1) is 5.52 Å². The molecule has 0 aliphatic carbocycles. The zero-order valence-corrected chi connectivity index (χ0v) is 17.3. The molecule has 8 heteroatoms. The molecule has 1 amide bonds. The van der Waals surface area contributed by atoms with Gasteiger partial charge in [0.25, 0.3) is 5.56 Å². The molecule has 0 bridgehead atoms. The number of nitrogens with zero attached hydrogens (tertiary/aromatic N) is 4. The first-order valence-electron chi connectivity index (χ1n) is 9.75. The molecule has 150 valence electrons. The number of rotatable bonds is 7. The number of fused-ring (bicyclic) bond motifs is 3. The van der Waals surface area contributed by atoms with E-state index >= 15 is 0 Å². The summed E-state index contributed by atoms with van der Waals surface area (Å²) in [4.78, 5) is 25.0. The fourth-order valence-electron chi connectivity index (χ4n) is 3.51. The molecule has 0 saturated heterocycles. The summed E-state index contributed by atoms with van der Waals surface area (Å²) in [6.07, 6.45) is 0.777. The van der Waals surface area contributed by atoms with Gasteiger partial charge in [-0.3, -0.25) is 18.6 Å². The summed E-state index contributed by atoms with van der Waals surface area (Å²) >= 11 is 1.42. The summed E-state index contributed by atoms with van der Waals surface area (Å²) in [6.45, 7) is 5.12. The number of thiophene rings is 1. The van der Waals surface area contributed by atoms with Gasteiger partial charge in [0.15, 0.2) is 0 Å². The Kier molecular flexibility index (Phi) is 5.44. The third-order valence-electron chi connectivity index (χ3n) is 5.15. The number of aromatic nitrogens is 4. The molecular formula is C21H23N5O2S. The number of carbonyl (C=O) groups excluding carboxylic acids is 1. The zero-order chi connectivity index (χ0) is 20.4. The Morgan fingerprint density at radius 3 is 2.76 bits per heavy atom. The maximum atomic E-state index is 12.6. The first-order valence-corrected chi connectivity index (χ1v) is 10.6. The van der Waals surface area contributed by atoms with Crippen LogP contribution in [0, 0.1) is 0 Å². The SMILES string of the molecule is CCn1c(=O)c2sccc2n2c(CCC(=O)NC[C@@H](C)c3ccccc3)nnc12. The fraction of sp³-hybridized carbons (Fsp3) is 0.333. The topological polar surface area (TPSA) is 81.3 Å². The molecule has 0 spiro atoms. The predicted molar refractivity (Wildman–Crippen MR) is 114 cm³/mol. The predicted octanol–water partition coefficient (Wildman–Crippen LogP) is 2.98. The molecule has 1 atom stereocenters. The van der Waals surface area contributed by atoms with Crippen molar-refractivity contribution in [3.05, 3.63) is 63.5 Å². The van der Waals surface area contributed by atoms with Crippen molar-refractivity contribution in [3.8, 4) is 0 Å². The van der Waals surface area contributed by atoms with Crippen molar-refractivity contribution in [1.29, 1.82) is 0 Å². The molecule has 1 N–H and O–H groups in total. The van der Waals surface area contributed by atoms with Crippen molar-refractivity contribution in [1.82, 2.24) is 24.5 Å². The molecule has 4 rings (SSSR count). The largest absolute Gasteiger partial charge is 0.355 e. The molecule has 29 heavy (non-hydrogen) atoms. The second-order valence-electron chi connectivity index (χ2n) is 7.05. The Labute approximate surface area is 172 Å². The average Bonchev–Trinajstić information content (AvgIpc) is 3.38. The monoisotopic (exact) mass is 409 g/mol. The molecule has 0 aliphatic rings. The van der Waals surface area contributed by atoms with E-state index in [4.69, 9.17) is 0 Å². The summed E-state index contributed by atoms with van der Waals surface area (Å²) < 4.78 is 4.20. The Hall–Kier alpha value is -3.00. The summed E-state index contributed by atoms with van der Waals surface area (Å²) in [6, 6.07) is 12.0. The van der Waals surface area contributed by atoms with Crippen LogP contribution in [0.2, 0.25) is 0 Å². The van der Waals surface area contributed by atoms with Crippen LogP contribution in [0.5, 0.6) is 0 Å². The molecule has 4 aromatic rings. The highest BCUT2D eigenvalue weighted by atomic mass is 32.1. The van der Waals surface area contributed by atoms with E-state index in [1.807, 2.05) is 41.0 Å². The van der Waals surface area contributed by atoms with E-state index in [-0.39, 0.29) is 17.4 Å². The quantitative estimate of drug-likeness (QED) is 0.509. The van der Waals surface area contributed by atoms with Gasteiger partial charge in [-0.1, -0.05) is 37.3 Å². The Morgan fingerprint density at radius 1 is 1.21 bits per heavy atom. The molecule has 7 nitrogen and oxygen atoms in total. The van der Waals surface area contributed by atoms with Gasteiger partial charge < -0.3 is 5.32 Å². The minimum atomic E-state index is -0.0448. The zero-order valence-electron chi connectivity index (χ0n) is 16.5. The first kappa shape index (κ1) is 19.3.